The third-order valence-electron chi connectivity index (χ3n) is 3.35. The van der Waals surface area contributed by atoms with Gasteiger partial charge in [0.05, 0.1) is 11.4 Å². The lowest BCUT2D eigenvalue weighted by atomic mass is 9.85. The summed E-state index contributed by atoms with van der Waals surface area (Å²) in [6.45, 7) is 4.49. The Morgan fingerprint density at radius 1 is 1.53 bits per heavy atom. The van der Waals surface area contributed by atoms with E-state index in [-0.39, 0.29) is 0 Å². The van der Waals surface area contributed by atoms with Crippen molar-refractivity contribution in [2.24, 2.45) is 5.92 Å². The second kappa shape index (κ2) is 4.73. The Morgan fingerprint density at radius 2 is 2.24 bits per heavy atom. The van der Waals surface area contributed by atoms with Crippen molar-refractivity contribution in [3.05, 3.63) is 23.0 Å². The van der Waals surface area contributed by atoms with Gasteiger partial charge in [0.1, 0.15) is 5.56 Å². The Labute approximate surface area is 101 Å². The van der Waals surface area contributed by atoms with Crippen LogP contribution in [0.4, 0.5) is 5.69 Å². The fourth-order valence-electron chi connectivity index (χ4n) is 2.19. The normalized spacial score (nSPS) is 15.4. The molecule has 4 nitrogen and oxygen atoms in total. The number of nitrogens with zero attached hydrogens (tertiary/aromatic N) is 1. The maximum absolute atomic E-state index is 11.2. The van der Waals surface area contributed by atoms with E-state index in [0.717, 1.165) is 12.2 Å². The molecule has 1 aliphatic rings. The van der Waals surface area contributed by atoms with Crippen LogP contribution in [0, 0.1) is 19.8 Å². The van der Waals surface area contributed by atoms with E-state index in [1.807, 2.05) is 13.0 Å². The molecule has 0 aromatic carbocycles. The van der Waals surface area contributed by atoms with Gasteiger partial charge in [0.15, 0.2) is 0 Å². The summed E-state index contributed by atoms with van der Waals surface area (Å²) in [6, 6.07) is 1.81. The lowest BCUT2D eigenvalue weighted by Gasteiger charge is -2.26. The summed E-state index contributed by atoms with van der Waals surface area (Å²) in [5.41, 5.74) is 2.43. The maximum Gasteiger partial charge on any atom is 0.339 e. The molecule has 0 radical (unpaired) electrons. The van der Waals surface area contributed by atoms with Gasteiger partial charge in [0.2, 0.25) is 0 Å². The number of nitrogens with one attached hydrogen (secondary N) is 1. The first-order valence-corrected chi connectivity index (χ1v) is 6.03. The van der Waals surface area contributed by atoms with Crippen LogP contribution in [-0.2, 0) is 0 Å². The monoisotopic (exact) mass is 234 g/mol. The molecule has 0 bridgehead atoms. The van der Waals surface area contributed by atoms with Crippen molar-refractivity contribution >= 4 is 11.7 Å². The van der Waals surface area contributed by atoms with Crippen LogP contribution in [-0.4, -0.2) is 22.6 Å². The molecule has 17 heavy (non-hydrogen) atoms. The molecule has 2 rings (SSSR count). The van der Waals surface area contributed by atoms with Crippen LogP contribution in [0.3, 0.4) is 0 Å². The number of carboxylic acid groups (broad SMARTS) is 1. The minimum Gasteiger partial charge on any atom is -0.478 e. The molecule has 1 aliphatic carbocycles. The Hall–Kier alpha value is -1.58. The molecular weight excluding hydrogens is 216 g/mol. The first-order valence-electron chi connectivity index (χ1n) is 6.03. The Bertz CT molecular complexity index is 439. The highest BCUT2D eigenvalue weighted by Crippen LogP contribution is 2.27. The molecule has 1 heterocycles. The zero-order valence-corrected chi connectivity index (χ0v) is 10.3. The molecule has 0 unspecified atom stereocenters. The summed E-state index contributed by atoms with van der Waals surface area (Å²) >= 11 is 0. The fourth-order valence-corrected chi connectivity index (χ4v) is 2.19. The van der Waals surface area contributed by atoms with Crippen molar-refractivity contribution < 1.29 is 9.90 Å². The first kappa shape index (κ1) is 11.9. The van der Waals surface area contributed by atoms with Gasteiger partial charge >= 0.3 is 5.97 Å². The summed E-state index contributed by atoms with van der Waals surface area (Å²) in [7, 11) is 0. The number of pyridine rings is 1. The SMILES string of the molecule is Cc1cc(NCC2CCC2)c(C(=O)O)c(C)n1. The van der Waals surface area contributed by atoms with E-state index in [9.17, 15) is 9.90 Å². The van der Waals surface area contributed by atoms with Crippen LogP contribution in [0.15, 0.2) is 6.07 Å². The summed E-state index contributed by atoms with van der Waals surface area (Å²) in [5.74, 6) is -0.212. The molecule has 1 aromatic heterocycles. The largest absolute Gasteiger partial charge is 0.478 e. The predicted octanol–water partition coefficient (Wildman–Crippen LogP) is 2.61. The smallest absolute Gasteiger partial charge is 0.339 e. The zero-order valence-electron chi connectivity index (χ0n) is 10.3. The Kier molecular flexibility index (Phi) is 3.31. The fraction of sp³-hybridized carbons (Fsp3) is 0.538. The van der Waals surface area contributed by atoms with Crippen molar-refractivity contribution in [1.29, 1.82) is 0 Å². The van der Waals surface area contributed by atoms with E-state index < -0.39 is 5.97 Å². The van der Waals surface area contributed by atoms with E-state index in [0.29, 0.717) is 22.9 Å². The van der Waals surface area contributed by atoms with Gasteiger partial charge in [0, 0.05) is 12.2 Å². The van der Waals surface area contributed by atoms with E-state index >= 15 is 0 Å². The van der Waals surface area contributed by atoms with Gasteiger partial charge in [-0.05, 0) is 38.7 Å². The van der Waals surface area contributed by atoms with E-state index in [1.54, 1.807) is 6.92 Å². The van der Waals surface area contributed by atoms with E-state index in [2.05, 4.69) is 10.3 Å². The van der Waals surface area contributed by atoms with Gasteiger partial charge in [-0.2, -0.15) is 0 Å². The molecule has 0 amide bonds. The lowest BCUT2D eigenvalue weighted by Crippen LogP contribution is -2.22. The molecule has 2 N–H and O–H groups in total. The van der Waals surface area contributed by atoms with Gasteiger partial charge in [0.25, 0.3) is 0 Å². The summed E-state index contributed by atoms with van der Waals surface area (Å²) in [4.78, 5) is 15.4. The zero-order chi connectivity index (χ0) is 12.4. The summed E-state index contributed by atoms with van der Waals surface area (Å²) in [5, 5.41) is 12.5. The van der Waals surface area contributed by atoms with Gasteiger partial charge in [-0.25, -0.2) is 4.79 Å². The summed E-state index contributed by atoms with van der Waals surface area (Å²) < 4.78 is 0. The van der Waals surface area contributed by atoms with Crippen LogP contribution in [0.5, 0.6) is 0 Å². The van der Waals surface area contributed by atoms with Crippen molar-refractivity contribution in [2.45, 2.75) is 33.1 Å². The standard InChI is InChI=1S/C13H18N2O2/c1-8-6-11(14-7-10-4-3-5-10)12(13(16)17)9(2)15-8/h6,10H,3-5,7H2,1-2H3,(H,14,15)(H,16,17). The highest BCUT2D eigenvalue weighted by Gasteiger charge is 2.19. The van der Waals surface area contributed by atoms with E-state index in [1.165, 1.54) is 19.3 Å². The minimum absolute atomic E-state index is 0.301. The predicted molar refractivity (Wildman–Crippen MR) is 66.5 cm³/mol. The van der Waals surface area contributed by atoms with Crippen molar-refractivity contribution in [3.8, 4) is 0 Å². The number of aryl methyl sites for hydroxylation is 2. The van der Waals surface area contributed by atoms with Crippen LogP contribution >= 0.6 is 0 Å². The quantitative estimate of drug-likeness (QED) is 0.840. The highest BCUT2D eigenvalue weighted by atomic mass is 16.4. The molecule has 0 spiro atoms. The number of aromatic carboxylic acids is 1. The molecular formula is C13H18N2O2. The number of anilines is 1. The van der Waals surface area contributed by atoms with Crippen LogP contribution < -0.4 is 5.32 Å². The van der Waals surface area contributed by atoms with Gasteiger partial charge in [-0.1, -0.05) is 6.42 Å². The third-order valence-corrected chi connectivity index (χ3v) is 3.35. The average Bonchev–Trinajstić information content (AvgIpc) is 2.12. The molecule has 92 valence electrons. The van der Waals surface area contributed by atoms with E-state index in [4.69, 9.17) is 0 Å². The van der Waals surface area contributed by atoms with Crippen LogP contribution in [0.1, 0.15) is 41.0 Å². The number of carbonyl (C=O) groups is 1. The molecule has 0 atom stereocenters. The van der Waals surface area contributed by atoms with Gasteiger partial charge in [-0.3, -0.25) is 4.98 Å². The second-order valence-corrected chi connectivity index (χ2v) is 4.75. The highest BCUT2D eigenvalue weighted by molar-refractivity contribution is 5.95. The molecule has 0 saturated heterocycles. The van der Waals surface area contributed by atoms with Crippen molar-refractivity contribution in [2.75, 3.05) is 11.9 Å². The first-order chi connectivity index (χ1) is 8.08. The maximum atomic E-state index is 11.2. The molecule has 0 aliphatic heterocycles. The Morgan fingerprint density at radius 3 is 2.76 bits per heavy atom. The molecule has 1 aromatic rings. The van der Waals surface area contributed by atoms with Crippen LogP contribution in [0.25, 0.3) is 0 Å². The molecule has 4 heteroatoms. The number of hydrogen-bond acceptors (Lipinski definition) is 3. The van der Waals surface area contributed by atoms with Crippen molar-refractivity contribution in [1.82, 2.24) is 4.98 Å². The van der Waals surface area contributed by atoms with Gasteiger partial charge < -0.3 is 10.4 Å². The third kappa shape index (κ3) is 2.57. The molecule has 1 fully saturated rings. The lowest BCUT2D eigenvalue weighted by molar-refractivity contribution is 0.0696. The number of rotatable bonds is 4. The number of carboxylic acids is 1. The van der Waals surface area contributed by atoms with Crippen molar-refractivity contribution in [3.63, 3.8) is 0 Å². The van der Waals surface area contributed by atoms with Crippen LogP contribution in [0.2, 0.25) is 0 Å². The Balaban J connectivity index is 2.20. The summed E-state index contributed by atoms with van der Waals surface area (Å²) in [6.07, 6.45) is 3.80. The minimum atomic E-state index is -0.911. The topological polar surface area (TPSA) is 62.2 Å². The van der Waals surface area contributed by atoms with Gasteiger partial charge in [-0.15, -0.1) is 0 Å². The number of hydrogen-bond donors (Lipinski definition) is 2. The number of aromatic nitrogens is 1. The molecule has 1 saturated carbocycles. The second-order valence-electron chi connectivity index (χ2n) is 4.75. The average molecular weight is 234 g/mol.